The molecule has 13 heavy (non-hydrogen) atoms. The minimum absolute atomic E-state index is 0.112. The predicted octanol–water partition coefficient (Wildman–Crippen LogP) is 2.86. The van der Waals surface area contributed by atoms with Crippen LogP contribution in [0.15, 0.2) is 22.6 Å². The largest absolute Gasteiger partial charge is 0.433 e. The van der Waals surface area contributed by atoms with Gasteiger partial charge in [-0.3, -0.25) is 4.79 Å². The van der Waals surface area contributed by atoms with Crippen LogP contribution in [0, 0.1) is 0 Å². The van der Waals surface area contributed by atoms with Gasteiger partial charge in [-0.05, 0) is 23.7 Å². The molecule has 0 N–H and O–H groups in total. The average molecular weight is 216 g/mol. The maximum atomic E-state index is 10.7. The van der Waals surface area contributed by atoms with Crippen LogP contribution in [0.4, 0.5) is 0 Å². The molecule has 0 spiro atoms. The fourth-order valence-electron chi connectivity index (χ4n) is 0.983. The molecule has 3 nitrogen and oxygen atoms in total. The third-order valence-corrected chi connectivity index (χ3v) is 1.92. The summed E-state index contributed by atoms with van der Waals surface area (Å²) >= 11 is 10.9. The SMILES string of the molecule is O=C(Cl)c1nc2ccc(Cl)cc2o1. The topological polar surface area (TPSA) is 43.1 Å². The third kappa shape index (κ3) is 1.53. The molecule has 0 bridgehead atoms. The smallest absolute Gasteiger partial charge is 0.307 e. The molecule has 2 rings (SSSR count). The molecule has 0 atom stereocenters. The Balaban J connectivity index is 2.68. The zero-order valence-corrected chi connectivity index (χ0v) is 7.76. The highest BCUT2D eigenvalue weighted by Crippen LogP contribution is 2.20. The van der Waals surface area contributed by atoms with Crippen molar-refractivity contribution < 1.29 is 9.21 Å². The minimum Gasteiger partial charge on any atom is -0.433 e. The monoisotopic (exact) mass is 215 g/mol. The molecule has 66 valence electrons. The first-order valence-corrected chi connectivity index (χ1v) is 4.18. The number of benzene rings is 1. The Morgan fingerprint density at radius 2 is 2.23 bits per heavy atom. The van der Waals surface area contributed by atoms with Crippen molar-refractivity contribution in [3.8, 4) is 0 Å². The van der Waals surface area contributed by atoms with Crippen LogP contribution >= 0.6 is 23.2 Å². The van der Waals surface area contributed by atoms with Crippen LogP contribution in [-0.2, 0) is 0 Å². The summed E-state index contributed by atoms with van der Waals surface area (Å²) in [5, 5.41) is -0.190. The molecule has 0 saturated carbocycles. The van der Waals surface area contributed by atoms with Crippen LogP contribution in [0.5, 0.6) is 0 Å². The van der Waals surface area contributed by atoms with E-state index in [9.17, 15) is 4.79 Å². The number of halogens is 2. The van der Waals surface area contributed by atoms with Crippen molar-refractivity contribution in [2.24, 2.45) is 0 Å². The van der Waals surface area contributed by atoms with Gasteiger partial charge in [0, 0.05) is 11.1 Å². The predicted molar refractivity (Wildman–Crippen MR) is 49.2 cm³/mol. The van der Waals surface area contributed by atoms with Gasteiger partial charge in [-0.2, -0.15) is 0 Å². The highest BCUT2D eigenvalue weighted by molar-refractivity contribution is 6.67. The van der Waals surface area contributed by atoms with E-state index in [1.807, 2.05) is 0 Å². The van der Waals surface area contributed by atoms with Gasteiger partial charge in [0.05, 0.1) is 0 Å². The van der Waals surface area contributed by atoms with Gasteiger partial charge in [0.15, 0.2) is 5.58 Å². The number of hydrogen-bond acceptors (Lipinski definition) is 3. The zero-order valence-electron chi connectivity index (χ0n) is 6.25. The molecule has 0 unspecified atom stereocenters. The third-order valence-electron chi connectivity index (χ3n) is 1.52. The highest BCUT2D eigenvalue weighted by Gasteiger charge is 2.11. The number of rotatable bonds is 1. The average Bonchev–Trinajstić information content (AvgIpc) is 2.46. The van der Waals surface area contributed by atoms with Crippen LogP contribution < -0.4 is 0 Å². The van der Waals surface area contributed by atoms with Gasteiger partial charge in [-0.1, -0.05) is 11.6 Å². The van der Waals surface area contributed by atoms with Gasteiger partial charge in [0.2, 0.25) is 0 Å². The summed E-state index contributed by atoms with van der Waals surface area (Å²) in [6.45, 7) is 0. The molecule has 2 aromatic rings. The number of fused-ring (bicyclic) bond motifs is 1. The zero-order chi connectivity index (χ0) is 9.42. The maximum Gasteiger partial charge on any atom is 0.307 e. The van der Waals surface area contributed by atoms with E-state index in [4.69, 9.17) is 27.6 Å². The van der Waals surface area contributed by atoms with Gasteiger partial charge in [-0.25, -0.2) is 4.98 Å². The molecule has 0 amide bonds. The van der Waals surface area contributed by atoms with Crippen LogP contribution in [0.2, 0.25) is 5.02 Å². The fourth-order valence-corrected chi connectivity index (χ4v) is 1.23. The van der Waals surface area contributed by atoms with Crippen LogP contribution in [0.25, 0.3) is 11.1 Å². The van der Waals surface area contributed by atoms with Crippen molar-refractivity contribution in [2.75, 3.05) is 0 Å². The Morgan fingerprint density at radius 3 is 2.92 bits per heavy atom. The first-order valence-electron chi connectivity index (χ1n) is 3.43. The van der Waals surface area contributed by atoms with Crippen molar-refractivity contribution in [3.63, 3.8) is 0 Å². The summed E-state index contributed by atoms with van der Waals surface area (Å²) in [7, 11) is 0. The van der Waals surface area contributed by atoms with Gasteiger partial charge in [0.25, 0.3) is 5.89 Å². The van der Waals surface area contributed by atoms with Crippen LogP contribution in [0.3, 0.4) is 0 Å². The lowest BCUT2D eigenvalue weighted by atomic mass is 10.3. The summed E-state index contributed by atoms with van der Waals surface area (Å²) in [5.41, 5.74) is 1.02. The number of carbonyl (C=O) groups is 1. The molecule has 0 aliphatic heterocycles. The summed E-state index contributed by atoms with van der Waals surface area (Å²) in [6.07, 6.45) is 0. The molecular formula is C8H3Cl2NO2. The first-order chi connectivity index (χ1) is 6.16. The van der Waals surface area contributed by atoms with Gasteiger partial charge >= 0.3 is 5.24 Å². The lowest BCUT2D eigenvalue weighted by Gasteiger charge is -1.85. The normalized spacial score (nSPS) is 10.6. The van der Waals surface area contributed by atoms with E-state index >= 15 is 0 Å². The summed E-state index contributed by atoms with van der Waals surface area (Å²) in [4.78, 5) is 14.5. The second-order valence-corrected chi connectivity index (χ2v) is 3.18. The van der Waals surface area contributed by atoms with Gasteiger partial charge in [0.1, 0.15) is 5.52 Å². The number of carbonyl (C=O) groups excluding carboxylic acids is 1. The maximum absolute atomic E-state index is 10.7. The highest BCUT2D eigenvalue weighted by atomic mass is 35.5. The quantitative estimate of drug-likeness (QED) is 0.688. The van der Waals surface area contributed by atoms with Gasteiger partial charge in [-0.15, -0.1) is 0 Å². The Labute approximate surface area is 83.3 Å². The Hall–Kier alpha value is -1.06. The van der Waals surface area contributed by atoms with E-state index < -0.39 is 5.24 Å². The number of hydrogen-bond donors (Lipinski definition) is 0. The second kappa shape index (κ2) is 3.01. The molecule has 0 fully saturated rings. The molecular weight excluding hydrogens is 213 g/mol. The molecule has 1 heterocycles. The van der Waals surface area contributed by atoms with E-state index in [1.54, 1.807) is 18.2 Å². The number of oxazole rings is 1. The summed E-state index contributed by atoms with van der Waals surface area (Å²) < 4.78 is 5.03. The minimum atomic E-state index is -0.715. The Kier molecular flexibility index (Phi) is 1.98. The summed E-state index contributed by atoms with van der Waals surface area (Å²) in [5.74, 6) is -0.112. The van der Waals surface area contributed by atoms with E-state index in [0.29, 0.717) is 16.1 Å². The molecule has 1 aromatic heterocycles. The van der Waals surface area contributed by atoms with E-state index in [0.717, 1.165) is 0 Å². The molecule has 0 radical (unpaired) electrons. The van der Waals surface area contributed by atoms with Crippen molar-refractivity contribution in [2.45, 2.75) is 0 Å². The van der Waals surface area contributed by atoms with Crippen molar-refractivity contribution in [3.05, 3.63) is 29.1 Å². The fraction of sp³-hybridized carbons (Fsp3) is 0. The van der Waals surface area contributed by atoms with E-state index in [2.05, 4.69) is 4.98 Å². The molecule has 1 aromatic carbocycles. The summed E-state index contributed by atoms with van der Waals surface area (Å²) in [6, 6.07) is 4.90. The van der Waals surface area contributed by atoms with Gasteiger partial charge < -0.3 is 4.42 Å². The van der Waals surface area contributed by atoms with Crippen LogP contribution in [0.1, 0.15) is 10.7 Å². The Morgan fingerprint density at radius 1 is 1.46 bits per heavy atom. The molecule has 0 saturated heterocycles. The lowest BCUT2D eigenvalue weighted by Crippen LogP contribution is -1.85. The molecule has 0 aliphatic carbocycles. The van der Waals surface area contributed by atoms with E-state index in [1.165, 1.54) is 0 Å². The second-order valence-electron chi connectivity index (χ2n) is 2.40. The van der Waals surface area contributed by atoms with Crippen molar-refractivity contribution >= 4 is 39.5 Å². The Bertz CT molecular complexity index is 478. The number of aromatic nitrogens is 1. The first kappa shape index (κ1) is 8.53. The van der Waals surface area contributed by atoms with Crippen molar-refractivity contribution in [1.82, 2.24) is 4.98 Å². The molecule has 5 heteroatoms. The standard InChI is InChI=1S/C8H3Cl2NO2/c9-4-1-2-5-6(3-4)13-8(11-5)7(10)12/h1-3H. The van der Waals surface area contributed by atoms with Crippen molar-refractivity contribution in [1.29, 1.82) is 0 Å². The lowest BCUT2D eigenvalue weighted by molar-refractivity contribution is 0.105. The van der Waals surface area contributed by atoms with E-state index in [-0.39, 0.29) is 5.89 Å². The molecule has 0 aliphatic rings. The van der Waals surface area contributed by atoms with Crippen LogP contribution in [-0.4, -0.2) is 10.2 Å². The number of nitrogens with zero attached hydrogens (tertiary/aromatic N) is 1.